The summed E-state index contributed by atoms with van der Waals surface area (Å²) in [5, 5.41) is 11.0. The lowest BCUT2D eigenvalue weighted by Crippen LogP contribution is -2.49. The van der Waals surface area contributed by atoms with E-state index in [1.54, 1.807) is 9.80 Å². The van der Waals surface area contributed by atoms with Crippen LogP contribution in [0.3, 0.4) is 0 Å². The van der Waals surface area contributed by atoms with E-state index in [1.807, 2.05) is 24.3 Å². The summed E-state index contributed by atoms with van der Waals surface area (Å²) in [6.45, 7) is 1.93. The van der Waals surface area contributed by atoms with Gasteiger partial charge in [0.2, 0.25) is 11.8 Å². The van der Waals surface area contributed by atoms with E-state index in [2.05, 4.69) is 0 Å². The largest absolute Gasteiger partial charge is 0.393 e. The van der Waals surface area contributed by atoms with Crippen molar-refractivity contribution in [1.82, 2.24) is 9.80 Å². The molecule has 1 N–H and O–H groups in total. The topological polar surface area (TPSA) is 60.9 Å². The number of nitrogens with zero attached hydrogens (tertiary/aromatic N) is 2. The van der Waals surface area contributed by atoms with Crippen LogP contribution in [-0.2, 0) is 16.0 Å². The van der Waals surface area contributed by atoms with Gasteiger partial charge in [0.25, 0.3) is 0 Å². The summed E-state index contributed by atoms with van der Waals surface area (Å²) in [6, 6.07) is 7.60. The molecule has 2 atom stereocenters. The molecule has 0 radical (unpaired) electrons. The minimum absolute atomic E-state index is 0.0122. The van der Waals surface area contributed by atoms with Crippen LogP contribution in [0, 0.1) is 5.92 Å². The molecule has 0 aromatic heterocycles. The maximum Gasteiger partial charge on any atom is 0.242 e. The monoisotopic (exact) mass is 350 g/mol. The van der Waals surface area contributed by atoms with Crippen LogP contribution in [-0.4, -0.2) is 59.0 Å². The third-order valence-electron chi connectivity index (χ3n) is 4.96. The summed E-state index contributed by atoms with van der Waals surface area (Å²) in [7, 11) is 0. The van der Waals surface area contributed by atoms with Gasteiger partial charge in [0.1, 0.15) is 0 Å². The molecule has 1 aromatic carbocycles. The second kappa shape index (κ2) is 7.53. The fraction of sp³-hybridized carbons (Fsp3) is 0.556. The molecule has 0 saturated carbocycles. The van der Waals surface area contributed by atoms with Gasteiger partial charge in [-0.3, -0.25) is 9.59 Å². The van der Waals surface area contributed by atoms with Crippen molar-refractivity contribution in [1.29, 1.82) is 0 Å². The smallest absolute Gasteiger partial charge is 0.242 e. The Bertz CT molecular complexity index is 605. The van der Waals surface area contributed by atoms with Gasteiger partial charge in [-0.2, -0.15) is 0 Å². The predicted molar refractivity (Wildman–Crippen MR) is 91.7 cm³/mol. The summed E-state index contributed by atoms with van der Waals surface area (Å²) in [4.78, 5) is 27.6. The number of aliphatic hydroxyl groups is 1. The van der Waals surface area contributed by atoms with Gasteiger partial charge < -0.3 is 14.9 Å². The lowest BCUT2D eigenvalue weighted by Gasteiger charge is -2.37. The highest BCUT2D eigenvalue weighted by Crippen LogP contribution is 2.23. The van der Waals surface area contributed by atoms with E-state index in [4.69, 9.17) is 11.6 Å². The van der Waals surface area contributed by atoms with Crippen LogP contribution in [0.4, 0.5) is 0 Å². The van der Waals surface area contributed by atoms with Crippen molar-refractivity contribution in [2.45, 2.75) is 31.8 Å². The SMILES string of the molecule is O=C1CCCN1CC(=O)N1CC[C@@H](O)[C@H](Cc2ccc(Cl)cc2)C1. The third kappa shape index (κ3) is 4.08. The maximum atomic E-state index is 12.5. The van der Waals surface area contributed by atoms with Crippen molar-refractivity contribution in [3.8, 4) is 0 Å². The van der Waals surface area contributed by atoms with E-state index in [0.29, 0.717) is 43.9 Å². The Labute approximate surface area is 147 Å². The molecule has 0 unspecified atom stereocenters. The van der Waals surface area contributed by atoms with Gasteiger partial charge in [-0.25, -0.2) is 0 Å². The van der Waals surface area contributed by atoms with E-state index >= 15 is 0 Å². The lowest BCUT2D eigenvalue weighted by atomic mass is 9.88. The average Bonchev–Trinajstić information content (AvgIpc) is 2.96. The number of benzene rings is 1. The Hall–Kier alpha value is -1.59. The Morgan fingerprint density at radius 1 is 1.25 bits per heavy atom. The number of rotatable bonds is 4. The predicted octanol–water partition coefficient (Wildman–Crippen LogP) is 1.71. The Kier molecular flexibility index (Phi) is 5.41. The van der Waals surface area contributed by atoms with Crippen LogP contribution in [0.1, 0.15) is 24.8 Å². The molecule has 2 heterocycles. The minimum atomic E-state index is -0.404. The standard InChI is InChI=1S/C18H23ClN2O3/c19-15-5-3-13(4-6-15)10-14-11-21(9-7-16(14)22)18(24)12-20-8-1-2-17(20)23/h3-6,14,16,22H,1-2,7-12H2/t14-,16-/m1/s1. The van der Waals surface area contributed by atoms with Crippen molar-refractivity contribution in [2.24, 2.45) is 5.92 Å². The lowest BCUT2D eigenvalue weighted by molar-refractivity contribution is -0.140. The summed E-state index contributed by atoms with van der Waals surface area (Å²) >= 11 is 5.91. The molecule has 2 amide bonds. The molecule has 1 aromatic rings. The highest BCUT2D eigenvalue weighted by molar-refractivity contribution is 6.30. The van der Waals surface area contributed by atoms with Crippen molar-refractivity contribution in [3.63, 3.8) is 0 Å². The van der Waals surface area contributed by atoms with Crippen LogP contribution in [0.25, 0.3) is 0 Å². The first-order valence-electron chi connectivity index (χ1n) is 8.51. The molecule has 24 heavy (non-hydrogen) atoms. The first kappa shape index (κ1) is 17.2. The first-order valence-corrected chi connectivity index (χ1v) is 8.89. The van der Waals surface area contributed by atoms with Crippen LogP contribution >= 0.6 is 11.6 Å². The third-order valence-corrected chi connectivity index (χ3v) is 5.21. The average molecular weight is 351 g/mol. The van der Waals surface area contributed by atoms with E-state index in [1.165, 1.54) is 0 Å². The number of hydrogen-bond acceptors (Lipinski definition) is 3. The number of piperidine rings is 1. The zero-order valence-electron chi connectivity index (χ0n) is 13.7. The number of halogens is 1. The zero-order valence-corrected chi connectivity index (χ0v) is 14.4. The number of carbonyl (C=O) groups excluding carboxylic acids is 2. The van der Waals surface area contributed by atoms with Crippen LogP contribution in [0.5, 0.6) is 0 Å². The van der Waals surface area contributed by atoms with Gasteiger partial charge in [0, 0.05) is 37.0 Å². The summed E-state index contributed by atoms with van der Waals surface area (Å²) in [6.07, 6.45) is 2.27. The Balaban J connectivity index is 1.59. The van der Waals surface area contributed by atoms with Crippen molar-refractivity contribution >= 4 is 23.4 Å². The molecular formula is C18H23ClN2O3. The molecular weight excluding hydrogens is 328 g/mol. The molecule has 0 spiro atoms. The molecule has 0 bridgehead atoms. The second-order valence-corrected chi connectivity index (χ2v) is 7.14. The molecule has 2 saturated heterocycles. The number of likely N-dealkylation sites (tertiary alicyclic amines) is 2. The Morgan fingerprint density at radius 3 is 2.67 bits per heavy atom. The number of carbonyl (C=O) groups is 2. The highest BCUT2D eigenvalue weighted by Gasteiger charge is 2.32. The maximum absolute atomic E-state index is 12.5. The van der Waals surface area contributed by atoms with E-state index < -0.39 is 6.10 Å². The summed E-state index contributed by atoms with van der Waals surface area (Å²) in [5.74, 6) is 0.0644. The van der Waals surface area contributed by atoms with E-state index in [0.717, 1.165) is 12.0 Å². The molecule has 5 nitrogen and oxygen atoms in total. The Morgan fingerprint density at radius 2 is 2.00 bits per heavy atom. The summed E-state index contributed by atoms with van der Waals surface area (Å²) in [5.41, 5.74) is 1.10. The molecule has 130 valence electrons. The quantitative estimate of drug-likeness (QED) is 0.899. The fourth-order valence-electron chi connectivity index (χ4n) is 3.50. The molecule has 2 aliphatic rings. The van der Waals surface area contributed by atoms with Crippen molar-refractivity contribution < 1.29 is 14.7 Å². The van der Waals surface area contributed by atoms with Gasteiger partial charge in [0.05, 0.1) is 12.6 Å². The second-order valence-electron chi connectivity index (χ2n) is 6.71. The normalized spacial score (nSPS) is 24.5. The van der Waals surface area contributed by atoms with Gasteiger partial charge in [0.15, 0.2) is 0 Å². The van der Waals surface area contributed by atoms with Gasteiger partial charge in [-0.05, 0) is 37.0 Å². The molecule has 3 rings (SSSR count). The van der Waals surface area contributed by atoms with Crippen LogP contribution in [0.15, 0.2) is 24.3 Å². The molecule has 2 fully saturated rings. The summed E-state index contributed by atoms with van der Waals surface area (Å²) < 4.78 is 0. The zero-order chi connectivity index (χ0) is 17.1. The van der Waals surface area contributed by atoms with Crippen LogP contribution in [0.2, 0.25) is 5.02 Å². The van der Waals surface area contributed by atoms with Gasteiger partial charge in [-0.1, -0.05) is 23.7 Å². The molecule has 0 aliphatic carbocycles. The van der Waals surface area contributed by atoms with E-state index in [9.17, 15) is 14.7 Å². The van der Waals surface area contributed by atoms with E-state index in [-0.39, 0.29) is 24.3 Å². The van der Waals surface area contributed by atoms with Gasteiger partial charge in [-0.15, -0.1) is 0 Å². The highest BCUT2D eigenvalue weighted by atomic mass is 35.5. The number of hydrogen-bond donors (Lipinski definition) is 1. The molecule has 6 heteroatoms. The number of amides is 2. The van der Waals surface area contributed by atoms with Crippen molar-refractivity contribution in [3.05, 3.63) is 34.9 Å². The van der Waals surface area contributed by atoms with Gasteiger partial charge >= 0.3 is 0 Å². The minimum Gasteiger partial charge on any atom is -0.393 e. The number of aliphatic hydroxyl groups excluding tert-OH is 1. The molecule has 2 aliphatic heterocycles. The van der Waals surface area contributed by atoms with Crippen LogP contribution < -0.4 is 0 Å². The first-order chi connectivity index (χ1) is 11.5. The van der Waals surface area contributed by atoms with Crippen molar-refractivity contribution in [2.75, 3.05) is 26.2 Å². The fourth-order valence-corrected chi connectivity index (χ4v) is 3.63.